The van der Waals surface area contributed by atoms with E-state index in [0.717, 1.165) is 0 Å². The Labute approximate surface area is 94.3 Å². The number of anilines is 1. The third-order valence-corrected chi connectivity index (χ3v) is 5.36. The van der Waals surface area contributed by atoms with E-state index in [-0.39, 0.29) is 5.41 Å². The molecule has 1 fully saturated rings. The molecule has 2 nitrogen and oxygen atoms in total. The molecule has 1 aromatic rings. The molecule has 3 rings (SSSR count). The molecule has 0 aromatic heterocycles. The van der Waals surface area contributed by atoms with E-state index in [4.69, 9.17) is 0 Å². The minimum atomic E-state index is 0.230. The molecule has 80 valence electrons. The van der Waals surface area contributed by atoms with Crippen molar-refractivity contribution in [1.29, 1.82) is 0 Å². The number of aromatic hydroxyl groups is 1. The highest BCUT2D eigenvalue weighted by atomic mass is 32.2. The van der Waals surface area contributed by atoms with Gasteiger partial charge in [-0.2, -0.15) is 0 Å². The van der Waals surface area contributed by atoms with Crippen molar-refractivity contribution < 1.29 is 5.11 Å². The zero-order chi connectivity index (χ0) is 10.6. The van der Waals surface area contributed by atoms with Gasteiger partial charge in [0, 0.05) is 18.2 Å². The second-order valence-electron chi connectivity index (χ2n) is 4.70. The molecular weight excluding hydrogens is 206 g/mol. The van der Waals surface area contributed by atoms with Crippen LogP contribution < -0.4 is 4.90 Å². The molecule has 2 heterocycles. The highest BCUT2D eigenvalue weighted by Gasteiger charge is 2.49. The van der Waals surface area contributed by atoms with Crippen LogP contribution in [-0.4, -0.2) is 23.3 Å². The molecule has 0 amide bonds. The van der Waals surface area contributed by atoms with Crippen molar-refractivity contribution in [2.75, 3.05) is 17.7 Å². The molecule has 1 N–H and O–H groups in total. The van der Waals surface area contributed by atoms with Gasteiger partial charge in [-0.15, -0.1) is 11.8 Å². The quantitative estimate of drug-likeness (QED) is 0.728. The Bertz CT molecular complexity index is 420. The lowest BCUT2D eigenvalue weighted by Crippen LogP contribution is -2.34. The summed E-state index contributed by atoms with van der Waals surface area (Å²) in [5.41, 5.74) is 2.83. The fourth-order valence-electron chi connectivity index (χ4n) is 2.91. The number of phenolic OH excluding ortho intramolecular Hbond substituents is 1. The van der Waals surface area contributed by atoms with Gasteiger partial charge >= 0.3 is 0 Å². The lowest BCUT2D eigenvalue weighted by atomic mass is 9.82. The molecule has 1 saturated heterocycles. The standard InChI is InChI=1S/C12H15NOS/c1-12-5-6-15-11(12)13(2)10-4-3-8(14)7-9(10)12/h3-4,7,11,14H,5-6H2,1-2H3. The molecule has 0 saturated carbocycles. The van der Waals surface area contributed by atoms with Gasteiger partial charge in [-0.1, -0.05) is 6.92 Å². The minimum Gasteiger partial charge on any atom is -0.508 e. The van der Waals surface area contributed by atoms with Crippen molar-refractivity contribution in [3.8, 4) is 5.75 Å². The maximum Gasteiger partial charge on any atom is 0.116 e. The summed E-state index contributed by atoms with van der Waals surface area (Å²) in [5.74, 6) is 1.61. The van der Waals surface area contributed by atoms with Crippen LogP contribution >= 0.6 is 11.8 Å². The van der Waals surface area contributed by atoms with Crippen molar-refractivity contribution in [3.63, 3.8) is 0 Å². The van der Waals surface area contributed by atoms with Crippen molar-refractivity contribution in [2.24, 2.45) is 0 Å². The van der Waals surface area contributed by atoms with E-state index in [1.54, 1.807) is 6.07 Å². The van der Waals surface area contributed by atoms with Gasteiger partial charge in [0.05, 0.1) is 5.37 Å². The van der Waals surface area contributed by atoms with Gasteiger partial charge < -0.3 is 10.0 Å². The van der Waals surface area contributed by atoms with Crippen LogP contribution in [-0.2, 0) is 5.41 Å². The van der Waals surface area contributed by atoms with Gasteiger partial charge in [0.1, 0.15) is 5.75 Å². The summed E-state index contributed by atoms with van der Waals surface area (Å²) in [4.78, 5) is 2.35. The number of hydrogen-bond acceptors (Lipinski definition) is 3. The first-order valence-corrected chi connectivity index (χ1v) is 6.36. The van der Waals surface area contributed by atoms with E-state index >= 15 is 0 Å². The first-order chi connectivity index (χ1) is 7.13. The molecule has 3 heteroatoms. The zero-order valence-electron chi connectivity index (χ0n) is 9.03. The highest BCUT2D eigenvalue weighted by Crippen LogP contribution is 2.55. The number of fused-ring (bicyclic) bond motifs is 3. The van der Waals surface area contributed by atoms with Gasteiger partial charge in [0.2, 0.25) is 0 Å². The Morgan fingerprint density at radius 2 is 2.33 bits per heavy atom. The molecular formula is C12H15NOS. The number of rotatable bonds is 0. The lowest BCUT2D eigenvalue weighted by molar-refractivity contribution is 0.463. The number of phenols is 1. The Balaban J connectivity index is 2.21. The van der Waals surface area contributed by atoms with E-state index in [1.807, 2.05) is 23.9 Å². The van der Waals surface area contributed by atoms with Crippen LogP contribution in [0.1, 0.15) is 18.9 Å². The number of benzene rings is 1. The predicted octanol–water partition coefficient (Wildman–Crippen LogP) is 2.56. The fourth-order valence-corrected chi connectivity index (χ4v) is 4.63. The van der Waals surface area contributed by atoms with Crippen LogP contribution in [0.5, 0.6) is 5.75 Å². The fraction of sp³-hybridized carbons (Fsp3) is 0.500. The number of thioether (sulfide) groups is 1. The van der Waals surface area contributed by atoms with E-state index in [0.29, 0.717) is 11.1 Å². The van der Waals surface area contributed by atoms with Gasteiger partial charge in [-0.25, -0.2) is 0 Å². The smallest absolute Gasteiger partial charge is 0.116 e. The SMILES string of the molecule is CN1c2ccc(O)cc2C2(C)CCSC12. The topological polar surface area (TPSA) is 23.5 Å². The summed E-state index contributed by atoms with van der Waals surface area (Å²) in [5, 5.41) is 10.1. The maximum atomic E-state index is 9.59. The van der Waals surface area contributed by atoms with Gasteiger partial charge in [-0.3, -0.25) is 0 Å². The van der Waals surface area contributed by atoms with Crippen molar-refractivity contribution in [3.05, 3.63) is 23.8 Å². The molecule has 0 aliphatic carbocycles. The van der Waals surface area contributed by atoms with Crippen LogP contribution in [0, 0.1) is 0 Å². The largest absolute Gasteiger partial charge is 0.508 e. The van der Waals surface area contributed by atoms with Crippen LogP contribution in [0.2, 0.25) is 0 Å². The average molecular weight is 221 g/mol. The van der Waals surface area contributed by atoms with Gasteiger partial charge in [-0.05, 0) is 35.9 Å². The summed E-state index contributed by atoms with van der Waals surface area (Å²) < 4.78 is 0. The highest BCUT2D eigenvalue weighted by molar-refractivity contribution is 8.00. The van der Waals surface area contributed by atoms with E-state index in [2.05, 4.69) is 18.9 Å². The molecule has 0 bridgehead atoms. The second-order valence-corrected chi connectivity index (χ2v) is 5.89. The molecule has 2 aliphatic rings. The maximum absolute atomic E-state index is 9.59. The van der Waals surface area contributed by atoms with Gasteiger partial charge in [0.15, 0.2) is 0 Å². The number of hydrogen-bond donors (Lipinski definition) is 1. The van der Waals surface area contributed by atoms with Crippen molar-refractivity contribution in [2.45, 2.75) is 24.1 Å². The molecule has 15 heavy (non-hydrogen) atoms. The first-order valence-electron chi connectivity index (χ1n) is 5.31. The van der Waals surface area contributed by atoms with Gasteiger partial charge in [0.25, 0.3) is 0 Å². The molecule has 2 unspecified atom stereocenters. The molecule has 0 spiro atoms. The third kappa shape index (κ3) is 1.07. The number of likely N-dealkylation sites (N-methyl/N-ethyl adjacent to an activating group) is 1. The number of nitrogens with zero attached hydrogens (tertiary/aromatic N) is 1. The third-order valence-electron chi connectivity index (χ3n) is 3.77. The van der Waals surface area contributed by atoms with E-state index in [9.17, 15) is 5.11 Å². The van der Waals surface area contributed by atoms with Crippen LogP contribution in [0.4, 0.5) is 5.69 Å². The predicted molar refractivity (Wildman–Crippen MR) is 64.7 cm³/mol. The van der Waals surface area contributed by atoms with Crippen LogP contribution in [0.25, 0.3) is 0 Å². The Kier molecular flexibility index (Phi) is 1.78. The van der Waals surface area contributed by atoms with Crippen molar-refractivity contribution >= 4 is 17.4 Å². The van der Waals surface area contributed by atoms with Crippen molar-refractivity contribution in [1.82, 2.24) is 0 Å². The van der Waals surface area contributed by atoms with Crippen LogP contribution in [0.15, 0.2) is 18.2 Å². The Hall–Kier alpha value is -0.830. The first kappa shape index (κ1) is 9.40. The zero-order valence-corrected chi connectivity index (χ0v) is 9.84. The molecule has 2 aliphatic heterocycles. The normalized spacial score (nSPS) is 32.9. The molecule has 1 aromatic carbocycles. The summed E-state index contributed by atoms with van der Waals surface area (Å²) in [6.07, 6.45) is 1.21. The molecule has 2 atom stereocenters. The monoisotopic (exact) mass is 221 g/mol. The summed E-state index contributed by atoms with van der Waals surface area (Å²) in [7, 11) is 2.16. The lowest BCUT2D eigenvalue weighted by Gasteiger charge is -2.27. The minimum absolute atomic E-state index is 0.230. The van der Waals surface area contributed by atoms with E-state index < -0.39 is 0 Å². The summed E-state index contributed by atoms with van der Waals surface area (Å²) in [6, 6.07) is 5.76. The summed E-state index contributed by atoms with van der Waals surface area (Å²) in [6.45, 7) is 2.32. The second kappa shape index (κ2) is 2.85. The Morgan fingerprint density at radius 1 is 1.53 bits per heavy atom. The molecule has 0 radical (unpaired) electrons. The Morgan fingerprint density at radius 3 is 3.13 bits per heavy atom. The average Bonchev–Trinajstić information content (AvgIpc) is 2.67. The van der Waals surface area contributed by atoms with Crippen LogP contribution in [0.3, 0.4) is 0 Å². The summed E-state index contributed by atoms with van der Waals surface area (Å²) >= 11 is 2.03. The van der Waals surface area contributed by atoms with E-state index in [1.165, 1.54) is 23.4 Å².